The standard InChI is InChI=1S/C10H10Cl3NO2/c1-7-2-4-8(5-3-7)16-9(14-6-15)10(11,12)13/h2-6,9H,1H3,(H,14,15). The maximum atomic E-state index is 10.3. The van der Waals surface area contributed by atoms with Crippen molar-refractivity contribution in [2.45, 2.75) is 16.9 Å². The van der Waals surface area contributed by atoms with Gasteiger partial charge in [0.15, 0.2) is 0 Å². The van der Waals surface area contributed by atoms with Crippen LogP contribution in [0.3, 0.4) is 0 Å². The van der Waals surface area contributed by atoms with Gasteiger partial charge in [0.25, 0.3) is 0 Å². The number of aryl methyl sites for hydroxylation is 1. The molecule has 0 saturated heterocycles. The van der Waals surface area contributed by atoms with Crippen LogP contribution in [0.1, 0.15) is 5.56 Å². The average Bonchev–Trinajstić information content (AvgIpc) is 2.19. The molecule has 88 valence electrons. The molecular formula is C10H10Cl3NO2. The van der Waals surface area contributed by atoms with Crippen molar-refractivity contribution in [3.63, 3.8) is 0 Å². The monoisotopic (exact) mass is 281 g/mol. The number of rotatable bonds is 4. The summed E-state index contributed by atoms with van der Waals surface area (Å²) in [5.41, 5.74) is 1.08. The Morgan fingerprint density at radius 2 is 1.88 bits per heavy atom. The maximum absolute atomic E-state index is 10.3. The maximum Gasteiger partial charge on any atom is 0.246 e. The minimum atomic E-state index is -1.73. The number of hydrogen-bond donors (Lipinski definition) is 1. The van der Waals surface area contributed by atoms with Crippen molar-refractivity contribution in [1.29, 1.82) is 0 Å². The van der Waals surface area contributed by atoms with Crippen molar-refractivity contribution < 1.29 is 9.53 Å². The molecule has 0 saturated carbocycles. The van der Waals surface area contributed by atoms with Crippen LogP contribution in [-0.2, 0) is 4.79 Å². The van der Waals surface area contributed by atoms with Gasteiger partial charge < -0.3 is 10.1 Å². The summed E-state index contributed by atoms with van der Waals surface area (Å²) in [6, 6.07) is 7.16. The summed E-state index contributed by atoms with van der Waals surface area (Å²) >= 11 is 16.9. The Hall–Kier alpha value is -0.640. The number of carbonyl (C=O) groups excluding carboxylic acids is 1. The first kappa shape index (κ1) is 13.4. The number of nitrogens with one attached hydrogen (secondary N) is 1. The van der Waals surface area contributed by atoms with Crippen LogP contribution in [0.2, 0.25) is 0 Å². The Morgan fingerprint density at radius 3 is 2.31 bits per heavy atom. The van der Waals surface area contributed by atoms with Gasteiger partial charge in [0.2, 0.25) is 16.4 Å². The highest BCUT2D eigenvalue weighted by Gasteiger charge is 2.34. The van der Waals surface area contributed by atoms with Crippen LogP contribution in [0.5, 0.6) is 5.75 Å². The van der Waals surface area contributed by atoms with Crippen LogP contribution in [0.25, 0.3) is 0 Å². The van der Waals surface area contributed by atoms with Crippen LogP contribution >= 0.6 is 34.8 Å². The molecule has 0 aromatic heterocycles. The first-order chi connectivity index (χ1) is 7.43. The lowest BCUT2D eigenvalue weighted by molar-refractivity contribution is -0.111. The van der Waals surface area contributed by atoms with Crippen LogP contribution in [0, 0.1) is 6.92 Å². The van der Waals surface area contributed by atoms with Crippen molar-refractivity contribution in [3.8, 4) is 5.75 Å². The molecule has 0 aliphatic rings. The zero-order chi connectivity index (χ0) is 12.2. The van der Waals surface area contributed by atoms with E-state index in [4.69, 9.17) is 39.5 Å². The third-order valence-electron chi connectivity index (χ3n) is 1.79. The molecule has 0 heterocycles. The minimum Gasteiger partial charge on any atom is -0.466 e. The molecule has 0 bridgehead atoms. The SMILES string of the molecule is Cc1ccc(OC(NC=O)C(Cl)(Cl)Cl)cc1. The summed E-state index contributed by atoms with van der Waals surface area (Å²) < 4.78 is 3.61. The Labute approximate surface area is 109 Å². The lowest BCUT2D eigenvalue weighted by Gasteiger charge is -2.24. The van der Waals surface area contributed by atoms with Crippen molar-refractivity contribution in [3.05, 3.63) is 29.8 Å². The van der Waals surface area contributed by atoms with Gasteiger partial charge >= 0.3 is 0 Å². The molecule has 0 aliphatic carbocycles. The first-order valence-corrected chi connectivity index (χ1v) is 5.56. The third-order valence-corrected chi connectivity index (χ3v) is 2.39. The van der Waals surface area contributed by atoms with Crippen LogP contribution < -0.4 is 10.1 Å². The summed E-state index contributed by atoms with van der Waals surface area (Å²) in [6.45, 7) is 1.94. The number of amides is 1. The highest BCUT2D eigenvalue weighted by molar-refractivity contribution is 6.68. The number of halogens is 3. The summed E-state index contributed by atoms with van der Waals surface area (Å²) in [5.74, 6) is 0.510. The van der Waals surface area contributed by atoms with E-state index < -0.39 is 10.0 Å². The Morgan fingerprint density at radius 1 is 1.31 bits per heavy atom. The summed E-state index contributed by atoms with van der Waals surface area (Å²) in [4.78, 5) is 10.3. The molecule has 16 heavy (non-hydrogen) atoms. The van der Waals surface area contributed by atoms with E-state index in [0.717, 1.165) is 5.56 Å². The van der Waals surface area contributed by atoms with Crippen LogP contribution in [0.15, 0.2) is 24.3 Å². The fourth-order valence-corrected chi connectivity index (χ4v) is 1.33. The Balaban J connectivity index is 2.75. The second kappa shape index (κ2) is 5.62. The molecule has 1 atom stereocenters. The molecule has 1 N–H and O–H groups in total. The van der Waals surface area contributed by atoms with E-state index in [2.05, 4.69) is 5.32 Å². The number of alkyl halides is 3. The quantitative estimate of drug-likeness (QED) is 0.524. The number of benzene rings is 1. The van der Waals surface area contributed by atoms with Crippen molar-refractivity contribution in [1.82, 2.24) is 5.32 Å². The number of ether oxygens (including phenoxy) is 1. The minimum absolute atomic E-state index is 0.417. The van der Waals surface area contributed by atoms with Gasteiger partial charge in [-0.1, -0.05) is 52.5 Å². The van der Waals surface area contributed by atoms with E-state index in [9.17, 15) is 4.79 Å². The van der Waals surface area contributed by atoms with Gasteiger partial charge in [0.1, 0.15) is 5.75 Å². The van der Waals surface area contributed by atoms with Gasteiger partial charge in [0, 0.05) is 0 Å². The summed E-state index contributed by atoms with van der Waals surface area (Å²) in [7, 11) is 0. The smallest absolute Gasteiger partial charge is 0.246 e. The predicted octanol–water partition coefficient (Wildman–Crippen LogP) is 2.82. The lowest BCUT2D eigenvalue weighted by Crippen LogP contribution is -2.44. The molecule has 0 aliphatic heterocycles. The summed E-state index contributed by atoms with van der Waals surface area (Å²) in [6.07, 6.45) is -0.612. The van der Waals surface area contributed by atoms with Crippen molar-refractivity contribution in [2.24, 2.45) is 0 Å². The lowest BCUT2D eigenvalue weighted by atomic mass is 10.2. The molecule has 1 amide bonds. The van der Waals surface area contributed by atoms with Gasteiger partial charge in [-0.3, -0.25) is 4.79 Å². The van der Waals surface area contributed by atoms with E-state index in [1.54, 1.807) is 12.1 Å². The van der Waals surface area contributed by atoms with E-state index in [1.807, 2.05) is 19.1 Å². The molecule has 6 heteroatoms. The summed E-state index contributed by atoms with van der Waals surface area (Å²) in [5, 5.41) is 2.29. The topological polar surface area (TPSA) is 38.3 Å². The van der Waals surface area contributed by atoms with Gasteiger partial charge in [-0.05, 0) is 19.1 Å². The second-order valence-corrected chi connectivity index (χ2v) is 5.51. The molecule has 0 fully saturated rings. The molecule has 0 spiro atoms. The molecule has 0 radical (unpaired) electrons. The average molecular weight is 283 g/mol. The van der Waals surface area contributed by atoms with Crippen molar-refractivity contribution >= 4 is 41.2 Å². The van der Waals surface area contributed by atoms with E-state index in [1.165, 1.54) is 0 Å². The predicted molar refractivity (Wildman–Crippen MR) is 65.1 cm³/mol. The second-order valence-electron chi connectivity index (χ2n) is 3.14. The van der Waals surface area contributed by atoms with Crippen LogP contribution in [0.4, 0.5) is 0 Å². The fourth-order valence-electron chi connectivity index (χ4n) is 1.01. The van der Waals surface area contributed by atoms with Gasteiger partial charge in [-0.2, -0.15) is 0 Å². The molecular weight excluding hydrogens is 272 g/mol. The Bertz CT molecular complexity index is 348. The zero-order valence-corrected chi connectivity index (χ0v) is 10.7. The van der Waals surface area contributed by atoms with Crippen LogP contribution in [-0.4, -0.2) is 16.4 Å². The zero-order valence-electron chi connectivity index (χ0n) is 8.41. The highest BCUT2D eigenvalue weighted by atomic mass is 35.6. The van der Waals surface area contributed by atoms with Crippen molar-refractivity contribution in [2.75, 3.05) is 0 Å². The third kappa shape index (κ3) is 4.08. The molecule has 1 aromatic carbocycles. The molecule has 1 rings (SSSR count). The largest absolute Gasteiger partial charge is 0.466 e. The molecule has 3 nitrogen and oxygen atoms in total. The number of carbonyl (C=O) groups is 1. The Kier molecular flexibility index (Phi) is 4.71. The van der Waals surface area contributed by atoms with E-state index >= 15 is 0 Å². The van der Waals surface area contributed by atoms with E-state index in [-0.39, 0.29) is 0 Å². The fraction of sp³-hybridized carbons (Fsp3) is 0.300. The van der Waals surface area contributed by atoms with Gasteiger partial charge in [-0.15, -0.1) is 0 Å². The number of hydrogen-bond acceptors (Lipinski definition) is 2. The normalized spacial score (nSPS) is 13.0. The first-order valence-electron chi connectivity index (χ1n) is 4.43. The molecule has 1 unspecified atom stereocenters. The highest BCUT2D eigenvalue weighted by Crippen LogP contribution is 2.31. The van der Waals surface area contributed by atoms with Gasteiger partial charge in [-0.25, -0.2) is 0 Å². The van der Waals surface area contributed by atoms with E-state index in [0.29, 0.717) is 12.2 Å². The van der Waals surface area contributed by atoms with Gasteiger partial charge in [0.05, 0.1) is 0 Å². The molecule has 1 aromatic rings.